The summed E-state index contributed by atoms with van der Waals surface area (Å²) in [6.07, 6.45) is 0.885. The van der Waals surface area contributed by atoms with E-state index in [4.69, 9.17) is 0 Å². The number of fused-ring (bicyclic) bond motifs is 2. The van der Waals surface area contributed by atoms with Gasteiger partial charge in [-0.15, -0.1) is 0 Å². The average Bonchev–Trinajstić information content (AvgIpc) is 3.12. The Hall–Kier alpha value is -5.86. The van der Waals surface area contributed by atoms with Crippen molar-refractivity contribution in [3.63, 3.8) is 0 Å². The number of rotatable bonds is 6. The van der Waals surface area contributed by atoms with E-state index in [0.29, 0.717) is 0 Å². The minimum atomic E-state index is 0.885. The zero-order valence-electron chi connectivity index (χ0n) is 24.9. The van der Waals surface area contributed by atoms with Gasteiger partial charge in [0.05, 0.1) is 0 Å². The van der Waals surface area contributed by atoms with Crippen LogP contribution in [0.5, 0.6) is 0 Å². The molecule has 0 saturated heterocycles. The third kappa shape index (κ3) is 5.17. The summed E-state index contributed by atoms with van der Waals surface area (Å²) in [7, 11) is 0. The van der Waals surface area contributed by atoms with Gasteiger partial charge in [-0.3, -0.25) is 0 Å². The lowest BCUT2D eigenvalue weighted by Crippen LogP contribution is -2.18. The summed E-state index contributed by atoms with van der Waals surface area (Å²) in [6, 6.07) is 65.3. The van der Waals surface area contributed by atoms with Gasteiger partial charge in [0.15, 0.2) is 0 Å². The van der Waals surface area contributed by atoms with Gasteiger partial charge >= 0.3 is 0 Å². The molecule has 0 aliphatic carbocycles. The minimum absolute atomic E-state index is 0.885. The number of hydrogen-bond acceptors (Lipinski definition) is 2. The molecule has 0 amide bonds. The summed E-state index contributed by atoms with van der Waals surface area (Å²) in [5.74, 6) is 0. The maximum atomic E-state index is 2.41. The van der Waals surface area contributed by atoms with E-state index in [2.05, 4.69) is 192 Å². The maximum absolute atomic E-state index is 2.41. The van der Waals surface area contributed by atoms with E-state index in [1.54, 1.807) is 0 Å². The summed E-state index contributed by atoms with van der Waals surface area (Å²) in [4.78, 5) is 4.71. The predicted molar refractivity (Wildman–Crippen MR) is 189 cm³/mol. The summed E-state index contributed by atoms with van der Waals surface area (Å²) in [6.45, 7) is 0. The number of para-hydroxylation sites is 3. The van der Waals surface area contributed by atoms with E-state index < -0.39 is 0 Å². The van der Waals surface area contributed by atoms with Crippen LogP contribution in [0.25, 0.3) is 22.3 Å². The van der Waals surface area contributed by atoms with Crippen molar-refractivity contribution in [2.24, 2.45) is 0 Å². The monoisotopic (exact) mass is 576 g/mol. The summed E-state index contributed by atoms with van der Waals surface area (Å²) >= 11 is 0. The summed E-state index contributed by atoms with van der Waals surface area (Å²) in [5.41, 5.74) is 14.6. The van der Waals surface area contributed by atoms with Gasteiger partial charge in [-0.2, -0.15) is 0 Å². The van der Waals surface area contributed by atoms with Crippen molar-refractivity contribution < 1.29 is 0 Å². The van der Waals surface area contributed by atoms with Gasteiger partial charge in [0.2, 0.25) is 0 Å². The number of anilines is 6. The highest BCUT2D eigenvalue weighted by atomic mass is 15.2. The third-order valence-corrected chi connectivity index (χ3v) is 8.63. The first-order valence-corrected chi connectivity index (χ1v) is 15.5. The number of nitrogens with zero attached hydrogens (tertiary/aromatic N) is 2. The molecule has 7 aromatic rings. The molecule has 0 spiro atoms. The fraction of sp³-hybridized carbons (Fsp3) is 0.0233. The first kappa shape index (κ1) is 26.7. The minimum Gasteiger partial charge on any atom is -0.311 e. The van der Waals surface area contributed by atoms with Crippen LogP contribution >= 0.6 is 0 Å². The van der Waals surface area contributed by atoms with Gasteiger partial charge in [-0.25, -0.2) is 0 Å². The van der Waals surface area contributed by atoms with E-state index in [0.717, 1.165) is 23.5 Å². The Bertz CT molecular complexity index is 2010. The van der Waals surface area contributed by atoms with E-state index in [-0.39, 0.29) is 0 Å². The Morgan fingerprint density at radius 1 is 0.356 bits per heavy atom. The molecule has 1 aliphatic rings. The highest BCUT2D eigenvalue weighted by Crippen LogP contribution is 2.46. The molecule has 0 bridgehead atoms. The molecule has 2 heteroatoms. The molecular formula is C43H32N2. The molecule has 0 fully saturated rings. The highest BCUT2D eigenvalue weighted by Gasteiger charge is 2.25. The Labute approximate surface area is 265 Å². The van der Waals surface area contributed by atoms with Crippen molar-refractivity contribution in [3.8, 4) is 22.3 Å². The summed E-state index contributed by atoms with van der Waals surface area (Å²) < 4.78 is 0. The van der Waals surface area contributed by atoms with Crippen LogP contribution in [-0.4, -0.2) is 0 Å². The molecule has 0 atom stereocenters. The van der Waals surface area contributed by atoms with Crippen LogP contribution in [0.3, 0.4) is 0 Å². The van der Waals surface area contributed by atoms with Gasteiger partial charge < -0.3 is 9.80 Å². The molecule has 0 saturated carbocycles. The quantitative estimate of drug-likeness (QED) is 0.194. The van der Waals surface area contributed by atoms with E-state index in [9.17, 15) is 0 Å². The van der Waals surface area contributed by atoms with Gasteiger partial charge in [0.25, 0.3) is 0 Å². The van der Waals surface area contributed by atoms with Crippen LogP contribution in [0.15, 0.2) is 182 Å². The smallest absolute Gasteiger partial charge is 0.0497 e. The Morgan fingerprint density at radius 3 is 1.27 bits per heavy atom. The second-order valence-electron chi connectivity index (χ2n) is 11.5. The molecule has 1 aliphatic heterocycles. The van der Waals surface area contributed by atoms with Crippen LogP contribution in [0.1, 0.15) is 11.1 Å². The molecule has 7 aromatic carbocycles. The second kappa shape index (κ2) is 11.7. The Morgan fingerprint density at radius 2 is 0.756 bits per heavy atom. The lowest BCUT2D eigenvalue weighted by Gasteiger charge is -2.34. The molecule has 214 valence electrons. The lowest BCUT2D eigenvalue weighted by molar-refractivity contribution is 1.09. The average molecular weight is 577 g/mol. The molecule has 0 unspecified atom stereocenters. The molecule has 0 aromatic heterocycles. The lowest BCUT2D eigenvalue weighted by atomic mass is 9.90. The molecule has 2 nitrogen and oxygen atoms in total. The SMILES string of the molecule is c1ccc(-c2ccc3c(c2)Cc2cc(-c4ccc(N(c5ccccc5)c5ccccc5)cc4)ccc2N3c2ccccc2)cc1. The fourth-order valence-electron chi connectivity index (χ4n) is 6.47. The van der Waals surface area contributed by atoms with Crippen molar-refractivity contribution in [2.45, 2.75) is 6.42 Å². The predicted octanol–water partition coefficient (Wildman–Crippen LogP) is 11.9. The first-order valence-electron chi connectivity index (χ1n) is 15.5. The van der Waals surface area contributed by atoms with Gasteiger partial charge in [0.1, 0.15) is 0 Å². The van der Waals surface area contributed by atoms with Gasteiger partial charge in [-0.05, 0) is 106 Å². The van der Waals surface area contributed by atoms with Crippen LogP contribution in [0.4, 0.5) is 34.1 Å². The molecular weight excluding hydrogens is 544 g/mol. The van der Waals surface area contributed by atoms with Gasteiger partial charge in [0, 0.05) is 40.5 Å². The highest BCUT2D eigenvalue weighted by molar-refractivity contribution is 5.87. The molecule has 1 heterocycles. The topological polar surface area (TPSA) is 6.48 Å². The standard InChI is InChI=1S/C43H32N2/c1-5-13-32(14-6-1)34-23-27-42-36(29-34)31-37-30-35(24-28-43(37)45(42)40-19-11-4-12-20-40)33-21-25-41(26-22-33)44(38-15-7-2-8-16-38)39-17-9-3-10-18-39/h1-30H,31H2. The van der Waals surface area contributed by atoms with Crippen LogP contribution in [-0.2, 0) is 6.42 Å². The van der Waals surface area contributed by atoms with Crippen molar-refractivity contribution >= 4 is 34.1 Å². The molecule has 0 N–H and O–H groups in total. The fourth-order valence-corrected chi connectivity index (χ4v) is 6.47. The molecule has 45 heavy (non-hydrogen) atoms. The molecule has 8 rings (SSSR count). The maximum Gasteiger partial charge on any atom is 0.0497 e. The van der Waals surface area contributed by atoms with Crippen LogP contribution in [0.2, 0.25) is 0 Å². The first-order chi connectivity index (χ1) is 22.3. The van der Waals surface area contributed by atoms with Crippen molar-refractivity contribution in [1.82, 2.24) is 0 Å². The van der Waals surface area contributed by atoms with Crippen LogP contribution in [0, 0.1) is 0 Å². The molecule has 0 radical (unpaired) electrons. The Kier molecular flexibility index (Phi) is 6.94. The Balaban J connectivity index is 1.18. The third-order valence-electron chi connectivity index (χ3n) is 8.63. The van der Waals surface area contributed by atoms with Crippen molar-refractivity contribution in [2.75, 3.05) is 9.80 Å². The van der Waals surface area contributed by atoms with Crippen LogP contribution < -0.4 is 9.80 Å². The largest absolute Gasteiger partial charge is 0.311 e. The van der Waals surface area contributed by atoms with Gasteiger partial charge in [-0.1, -0.05) is 109 Å². The zero-order valence-corrected chi connectivity index (χ0v) is 24.9. The van der Waals surface area contributed by atoms with Crippen molar-refractivity contribution in [1.29, 1.82) is 0 Å². The second-order valence-corrected chi connectivity index (χ2v) is 11.5. The normalized spacial score (nSPS) is 11.9. The number of hydrogen-bond donors (Lipinski definition) is 0. The number of benzene rings is 7. The van der Waals surface area contributed by atoms with E-state index in [1.165, 1.54) is 50.4 Å². The van der Waals surface area contributed by atoms with Crippen molar-refractivity contribution in [3.05, 3.63) is 193 Å². The summed E-state index contributed by atoms with van der Waals surface area (Å²) in [5, 5.41) is 0. The van der Waals surface area contributed by atoms with E-state index in [1.807, 2.05) is 0 Å². The van der Waals surface area contributed by atoms with E-state index >= 15 is 0 Å². The zero-order chi connectivity index (χ0) is 30.0.